The van der Waals surface area contributed by atoms with Gasteiger partial charge in [-0.1, -0.05) is 12.8 Å². The Morgan fingerprint density at radius 2 is 2.11 bits per heavy atom. The van der Waals surface area contributed by atoms with Crippen molar-refractivity contribution in [1.82, 2.24) is 0 Å². The fourth-order valence-electron chi connectivity index (χ4n) is 2.84. The van der Waals surface area contributed by atoms with Gasteiger partial charge in [0.15, 0.2) is 0 Å². The molecule has 1 aromatic carbocycles. The minimum Gasteiger partial charge on any atom is -0.507 e. The first kappa shape index (κ1) is 14.1. The fourth-order valence-corrected chi connectivity index (χ4v) is 3.53. The van der Waals surface area contributed by atoms with Crippen molar-refractivity contribution in [3.8, 4) is 11.5 Å². The zero-order valence-electron chi connectivity index (χ0n) is 11.0. The molecule has 0 heterocycles. The Morgan fingerprint density at radius 3 is 2.63 bits per heavy atom. The van der Waals surface area contributed by atoms with Gasteiger partial charge in [-0.05, 0) is 41.8 Å². The molecule has 1 saturated carbocycles. The summed E-state index contributed by atoms with van der Waals surface area (Å²) in [6.07, 6.45) is 5.16. The van der Waals surface area contributed by atoms with Crippen LogP contribution in [0.5, 0.6) is 11.5 Å². The Hall–Kier alpha value is -1.32. The molecule has 1 aromatic rings. The highest BCUT2D eigenvalue weighted by Gasteiger charge is 2.39. The molecule has 1 N–H and O–H groups in total. The lowest BCUT2D eigenvalue weighted by Gasteiger charge is -2.25. The Balaban J connectivity index is 2.65. The predicted molar refractivity (Wildman–Crippen MR) is 75.4 cm³/mol. The van der Waals surface area contributed by atoms with E-state index in [0.717, 1.165) is 30.2 Å². The summed E-state index contributed by atoms with van der Waals surface area (Å²) >= 11 is 3.44. The van der Waals surface area contributed by atoms with Crippen LogP contribution in [0.4, 0.5) is 0 Å². The monoisotopic (exact) mass is 325 g/mol. The van der Waals surface area contributed by atoms with Crippen LogP contribution in [-0.2, 0) is 10.3 Å². The number of hydrogen-bond acceptors (Lipinski definition) is 4. The molecule has 0 aliphatic heterocycles. The molecule has 2 rings (SSSR count). The summed E-state index contributed by atoms with van der Waals surface area (Å²) in [5.41, 5.74) is 0.698. The van der Waals surface area contributed by atoms with Gasteiger partial charge >= 0.3 is 0 Å². The smallest absolute Gasteiger partial charge is 0.235 e. The van der Waals surface area contributed by atoms with Gasteiger partial charge in [-0.2, -0.15) is 4.99 Å². The maximum Gasteiger partial charge on any atom is 0.235 e. The number of halogens is 1. The second-order valence-electron chi connectivity index (χ2n) is 4.85. The van der Waals surface area contributed by atoms with Crippen LogP contribution in [0.25, 0.3) is 0 Å². The van der Waals surface area contributed by atoms with Gasteiger partial charge in [-0.25, -0.2) is 4.79 Å². The van der Waals surface area contributed by atoms with E-state index < -0.39 is 5.54 Å². The largest absolute Gasteiger partial charge is 0.507 e. The zero-order valence-corrected chi connectivity index (χ0v) is 12.6. The first-order valence-electron chi connectivity index (χ1n) is 6.21. The molecule has 0 bridgehead atoms. The van der Waals surface area contributed by atoms with E-state index in [-0.39, 0.29) is 5.75 Å². The molecule has 0 saturated heterocycles. The summed E-state index contributed by atoms with van der Waals surface area (Å²) < 4.78 is 6.01. The number of methoxy groups -OCH3 is 1. The van der Waals surface area contributed by atoms with E-state index in [2.05, 4.69) is 20.9 Å². The minimum absolute atomic E-state index is 0.154. The van der Waals surface area contributed by atoms with Gasteiger partial charge < -0.3 is 9.84 Å². The van der Waals surface area contributed by atoms with E-state index in [9.17, 15) is 9.90 Å². The maximum atomic E-state index is 10.7. The summed E-state index contributed by atoms with van der Waals surface area (Å²) in [4.78, 5) is 14.7. The number of ether oxygens (including phenoxy) is 1. The molecule has 5 heteroatoms. The van der Waals surface area contributed by atoms with Crippen molar-refractivity contribution in [3.05, 3.63) is 21.7 Å². The zero-order chi connectivity index (χ0) is 14.0. The molecule has 1 aliphatic carbocycles. The third-order valence-corrected chi connectivity index (χ3v) is 4.42. The molecule has 1 fully saturated rings. The SMILES string of the molecule is COc1c(Br)cc(C2(N=C=O)CCCC2)c(O)c1C. The van der Waals surface area contributed by atoms with Crippen LogP contribution in [0.1, 0.15) is 36.8 Å². The molecule has 19 heavy (non-hydrogen) atoms. The lowest BCUT2D eigenvalue weighted by molar-refractivity contribution is 0.384. The van der Waals surface area contributed by atoms with Gasteiger partial charge in [-0.15, -0.1) is 0 Å². The van der Waals surface area contributed by atoms with E-state index >= 15 is 0 Å². The predicted octanol–water partition coefficient (Wildman–Crippen LogP) is 3.58. The van der Waals surface area contributed by atoms with Gasteiger partial charge in [0.1, 0.15) is 17.0 Å². The highest BCUT2D eigenvalue weighted by atomic mass is 79.9. The molecule has 0 aromatic heterocycles. The van der Waals surface area contributed by atoms with E-state index in [4.69, 9.17) is 4.74 Å². The molecule has 0 unspecified atom stereocenters. The number of carbonyl (C=O) groups excluding carboxylic acids is 1. The van der Waals surface area contributed by atoms with Crippen LogP contribution in [-0.4, -0.2) is 18.3 Å². The highest BCUT2D eigenvalue weighted by Crippen LogP contribution is 2.49. The Labute approximate surface area is 120 Å². The minimum atomic E-state index is -0.634. The van der Waals surface area contributed by atoms with E-state index in [1.165, 1.54) is 0 Å². The number of aromatic hydroxyl groups is 1. The van der Waals surface area contributed by atoms with Crippen LogP contribution in [0.3, 0.4) is 0 Å². The van der Waals surface area contributed by atoms with Gasteiger partial charge in [0, 0.05) is 11.1 Å². The first-order chi connectivity index (χ1) is 9.05. The van der Waals surface area contributed by atoms with Crippen molar-refractivity contribution in [1.29, 1.82) is 0 Å². The Bertz CT molecular complexity index is 544. The summed E-state index contributed by atoms with van der Waals surface area (Å²) in [5.74, 6) is 0.755. The first-order valence-corrected chi connectivity index (χ1v) is 7.00. The molecule has 0 amide bonds. The standard InChI is InChI=1S/C14H16BrNO3/c1-9-12(18)10(7-11(15)13(9)19-2)14(16-8-17)5-3-4-6-14/h7,18H,3-6H2,1-2H3. The maximum absolute atomic E-state index is 10.7. The number of phenolic OH excluding ortho intramolecular Hbond substituents is 1. The van der Waals surface area contributed by atoms with E-state index in [1.807, 2.05) is 0 Å². The average Bonchev–Trinajstić information content (AvgIpc) is 2.84. The number of isocyanates is 1. The lowest BCUT2D eigenvalue weighted by atomic mass is 9.87. The number of rotatable bonds is 3. The summed E-state index contributed by atoms with van der Waals surface area (Å²) in [5, 5.41) is 10.4. The van der Waals surface area contributed by atoms with E-state index in [0.29, 0.717) is 16.9 Å². The highest BCUT2D eigenvalue weighted by molar-refractivity contribution is 9.10. The average molecular weight is 326 g/mol. The quantitative estimate of drug-likeness (QED) is 0.682. The second-order valence-corrected chi connectivity index (χ2v) is 5.71. The molecule has 0 radical (unpaired) electrons. The van der Waals surface area contributed by atoms with Crippen LogP contribution >= 0.6 is 15.9 Å². The molecule has 0 atom stereocenters. The van der Waals surface area contributed by atoms with Crippen molar-refractivity contribution < 1.29 is 14.6 Å². The number of aliphatic imine (C=N–C) groups is 1. The Kier molecular flexibility index (Phi) is 3.97. The summed E-state index contributed by atoms with van der Waals surface area (Å²) in [7, 11) is 1.56. The third-order valence-electron chi connectivity index (χ3n) is 3.83. The molecule has 0 spiro atoms. The number of phenols is 1. The van der Waals surface area contributed by atoms with Gasteiger partial charge in [0.05, 0.1) is 11.6 Å². The molecule has 1 aliphatic rings. The molecule has 102 valence electrons. The fraction of sp³-hybridized carbons (Fsp3) is 0.500. The van der Waals surface area contributed by atoms with Crippen molar-refractivity contribution in [3.63, 3.8) is 0 Å². The van der Waals surface area contributed by atoms with Crippen molar-refractivity contribution in [2.24, 2.45) is 4.99 Å². The van der Waals surface area contributed by atoms with Crippen molar-refractivity contribution in [2.45, 2.75) is 38.1 Å². The third kappa shape index (κ3) is 2.28. The van der Waals surface area contributed by atoms with Crippen molar-refractivity contribution >= 4 is 22.0 Å². The molecular weight excluding hydrogens is 310 g/mol. The van der Waals surface area contributed by atoms with Crippen LogP contribution < -0.4 is 4.74 Å². The van der Waals surface area contributed by atoms with Crippen LogP contribution in [0.15, 0.2) is 15.5 Å². The van der Waals surface area contributed by atoms with Gasteiger partial charge in [-0.3, -0.25) is 0 Å². The summed E-state index contributed by atoms with van der Waals surface area (Å²) in [6.45, 7) is 1.79. The van der Waals surface area contributed by atoms with Crippen LogP contribution in [0.2, 0.25) is 0 Å². The normalized spacial score (nSPS) is 17.0. The summed E-state index contributed by atoms with van der Waals surface area (Å²) in [6, 6.07) is 1.80. The second kappa shape index (κ2) is 5.35. The lowest BCUT2D eigenvalue weighted by Crippen LogP contribution is -2.19. The number of nitrogens with zero attached hydrogens (tertiary/aromatic N) is 1. The topological polar surface area (TPSA) is 58.9 Å². The van der Waals surface area contributed by atoms with Gasteiger partial charge in [0.2, 0.25) is 6.08 Å². The van der Waals surface area contributed by atoms with Gasteiger partial charge in [0.25, 0.3) is 0 Å². The Morgan fingerprint density at radius 1 is 1.47 bits per heavy atom. The number of benzene rings is 1. The number of hydrogen-bond donors (Lipinski definition) is 1. The molecular formula is C14H16BrNO3. The molecule has 4 nitrogen and oxygen atoms in total. The van der Waals surface area contributed by atoms with Crippen molar-refractivity contribution in [2.75, 3.05) is 7.11 Å². The van der Waals surface area contributed by atoms with Crippen LogP contribution in [0, 0.1) is 6.92 Å². The van der Waals surface area contributed by atoms with E-state index in [1.54, 1.807) is 26.2 Å².